The molecule has 1 aromatic heterocycles. The van der Waals surface area contributed by atoms with Gasteiger partial charge in [-0.1, -0.05) is 0 Å². The van der Waals surface area contributed by atoms with Crippen molar-refractivity contribution in [3.63, 3.8) is 0 Å². The molecule has 15 heavy (non-hydrogen) atoms. The fraction of sp³-hybridized carbons (Fsp3) is 0.500. The molecule has 2 atom stereocenters. The summed E-state index contributed by atoms with van der Waals surface area (Å²) in [5.41, 5.74) is 0. The Morgan fingerprint density at radius 3 is 3.13 bits per heavy atom. The van der Waals surface area contributed by atoms with Gasteiger partial charge in [-0.3, -0.25) is 4.79 Å². The first kappa shape index (κ1) is 10.1. The van der Waals surface area contributed by atoms with E-state index in [-0.39, 0.29) is 17.9 Å². The minimum Gasteiger partial charge on any atom is -0.332 e. The average Bonchev–Trinajstić information content (AvgIpc) is 2.85. The van der Waals surface area contributed by atoms with Gasteiger partial charge in [0.1, 0.15) is 5.01 Å². The lowest BCUT2D eigenvalue weighted by molar-refractivity contribution is -0.129. The van der Waals surface area contributed by atoms with Gasteiger partial charge in [-0.05, 0) is 6.92 Å². The van der Waals surface area contributed by atoms with E-state index < -0.39 is 0 Å². The molecule has 2 rings (SSSR count). The number of nitriles is 1. The number of thiazole rings is 1. The predicted octanol–water partition coefficient (Wildman–Crippen LogP) is 1.58. The highest BCUT2D eigenvalue weighted by atomic mass is 32.1. The van der Waals surface area contributed by atoms with Gasteiger partial charge in [0.15, 0.2) is 0 Å². The van der Waals surface area contributed by atoms with Crippen LogP contribution < -0.4 is 0 Å². The van der Waals surface area contributed by atoms with E-state index in [4.69, 9.17) is 5.26 Å². The number of amides is 1. The normalized spacial score (nSPS) is 22.8. The SMILES string of the molecule is CC(c1nccs1)N1CC(C#N)CC1=O. The molecule has 2 unspecified atom stereocenters. The van der Waals surface area contributed by atoms with Crippen molar-refractivity contribution < 1.29 is 4.79 Å². The Bertz CT molecular complexity index is 395. The molecule has 2 heterocycles. The van der Waals surface area contributed by atoms with Crippen LogP contribution in [0.2, 0.25) is 0 Å². The fourth-order valence-corrected chi connectivity index (χ4v) is 2.47. The van der Waals surface area contributed by atoms with E-state index in [1.165, 1.54) is 0 Å². The highest BCUT2D eigenvalue weighted by Gasteiger charge is 2.33. The minimum absolute atomic E-state index is 0.00384. The zero-order chi connectivity index (χ0) is 10.8. The molecule has 0 N–H and O–H groups in total. The first-order chi connectivity index (χ1) is 7.22. The Balaban J connectivity index is 2.12. The highest BCUT2D eigenvalue weighted by molar-refractivity contribution is 7.09. The second-order valence-corrected chi connectivity index (χ2v) is 4.55. The van der Waals surface area contributed by atoms with E-state index in [0.29, 0.717) is 13.0 Å². The summed E-state index contributed by atoms with van der Waals surface area (Å²) >= 11 is 1.54. The summed E-state index contributed by atoms with van der Waals surface area (Å²) in [6.45, 7) is 2.49. The Kier molecular flexibility index (Phi) is 2.69. The predicted molar refractivity (Wildman–Crippen MR) is 56.0 cm³/mol. The van der Waals surface area contributed by atoms with Crippen LogP contribution >= 0.6 is 11.3 Å². The Hall–Kier alpha value is -1.41. The van der Waals surface area contributed by atoms with E-state index in [0.717, 1.165) is 5.01 Å². The van der Waals surface area contributed by atoms with Crippen LogP contribution in [-0.4, -0.2) is 22.3 Å². The zero-order valence-electron chi connectivity index (χ0n) is 8.38. The van der Waals surface area contributed by atoms with Gasteiger partial charge in [0.25, 0.3) is 0 Å². The lowest BCUT2D eigenvalue weighted by Crippen LogP contribution is -2.28. The van der Waals surface area contributed by atoms with Crippen molar-refractivity contribution in [2.75, 3.05) is 6.54 Å². The first-order valence-corrected chi connectivity index (χ1v) is 5.69. The molecule has 0 radical (unpaired) electrons. The Labute approximate surface area is 92.2 Å². The molecule has 0 aliphatic carbocycles. The molecular weight excluding hydrogens is 210 g/mol. The van der Waals surface area contributed by atoms with Crippen LogP contribution in [0.1, 0.15) is 24.4 Å². The van der Waals surface area contributed by atoms with Gasteiger partial charge in [0.05, 0.1) is 18.0 Å². The van der Waals surface area contributed by atoms with Crippen LogP contribution in [0.3, 0.4) is 0 Å². The molecule has 0 aromatic carbocycles. The van der Waals surface area contributed by atoms with E-state index in [1.807, 2.05) is 12.3 Å². The fourth-order valence-electron chi connectivity index (χ4n) is 1.77. The van der Waals surface area contributed by atoms with Crippen LogP contribution in [0.15, 0.2) is 11.6 Å². The lowest BCUT2D eigenvalue weighted by atomic mass is 10.1. The standard InChI is InChI=1S/C10H11N3OS/c1-7(10-12-2-3-15-10)13-6-8(5-11)4-9(13)14/h2-3,7-8H,4,6H2,1H3. The van der Waals surface area contributed by atoms with E-state index in [1.54, 1.807) is 22.4 Å². The second-order valence-electron chi connectivity index (χ2n) is 3.62. The molecular formula is C10H11N3OS. The minimum atomic E-state index is -0.153. The lowest BCUT2D eigenvalue weighted by Gasteiger charge is -2.22. The molecule has 1 amide bonds. The van der Waals surface area contributed by atoms with Crippen molar-refractivity contribution in [2.45, 2.75) is 19.4 Å². The zero-order valence-corrected chi connectivity index (χ0v) is 9.20. The van der Waals surface area contributed by atoms with Gasteiger partial charge >= 0.3 is 0 Å². The van der Waals surface area contributed by atoms with Crippen molar-refractivity contribution in [3.05, 3.63) is 16.6 Å². The molecule has 5 heteroatoms. The molecule has 4 nitrogen and oxygen atoms in total. The van der Waals surface area contributed by atoms with Crippen LogP contribution in [0, 0.1) is 17.2 Å². The highest BCUT2D eigenvalue weighted by Crippen LogP contribution is 2.28. The molecule has 1 fully saturated rings. The number of carbonyl (C=O) groups is 1. The van der Waals surface area contributed by atoms with Crippen LogP contribution in [0.4, 0.5) is 0 Å². The van der Waals surface area contributed by atoms with E-state index >= 15 is 0 Å². The van der Waals surface area contributed by atoms with Crippen molar-refractivity contribution in [1.82, 2.24) is 9.88 Å². The van der Waals surface area contributed by atoms with Crippen molar-refractivity contribution in [2.24, 2.45) is 5.92 Å². The molecule has 0 bridgehead atoms. The molecule has 0 spiro atoms. The molecule has 1 aliphatic rings. The van der Waals surface area contributed by atoms with Crippen molar-refractivity contribution in [1.29, 1.82) is 5.26 Å². The molecule has 1 saturated heterocycles. The van der Waals surface area contributed by atoms with Gasteiger partial charge in [0.2, 0.25) is 5.91 Å². The summed E-state index contributed by atoms with van der Waals surface area (Å²) in [5.74, 6) is -0.0934. The third kappa shape index (κ3) is 1.85. The maximum Gasteiger partial charge on any atom is 0.224 e. The van der Waals surface area contributed by atoms with Crippen molar-refractivity contribution in [3.8, 4) is 6.07 Å². The number of rotatable bonds is 2. The second kappa shape index (κ2) is 3.99. The number of carbonyl (C=O) groups excluding carboxylic acids is 1. The number of hydrogen-bond donors (Lipinski definition) is 0. The topological polar surface area (TPSA) is 57.0 Å². The third-order valence-corrected chi connectivity index (χ3v) is 3.56. The smallest absolute Gasteiger partial charge is 0.224 e. The van der Waals surface area contributed by atoms with Crippen molar-refractivity contribution >= 4 is 17.2 Å². The van der Waals surface area contributed by atoms with Crippen LogP contribution in [-0.2, 0) is 4.79 Å². The summed E-state index contributed by atoms with van der Waals surface area (Å²) in [6.07, 6.45) is 2.09. The molecule has 1 aliphatic heterocycles. The summed E-state index contributed by atoms with van der Waals surface area (Å²) in [6, 6.07) is 2.14. The largest absolute Gasteiger partial charge is 0.332 e. The first-order valence-electron chi connectivity index (χ1n) is 4.81. The van der Waals surface area contributed by atoms with E-state index in [9.17, 15) is 4.79 Å². The summed E-state index contributed by atoms with van der Waals surface area (Å²) < 4.78 is 0. The Morgan fingerprint density at radius 2 is 2.60 bits per heavy atom. The number of aromatic nitrogens is 1. The number of nitrogens with zero attached hydrogens (tertiary/aromatic N) is 3. The number of likely N-dealkylation sites (tertiary alicyclic amines) is 1. The third-order valence-electron chi connectivity index (χ3n) is 2.62. The maximum absolute atomic E-state index is 11.6. The molecule has 1 aromatic rings. The summed E-state index contributed by atoms with van der Waals surface area (Å²) in [7, 11) is 0. The average molecular weight is 221 g/mol. The van der Waals surface area contributed by atoms with Gasteiger partial charge in [-0.25, -0.2) is 4.98 Å². The van der Waals surface area contributed by atoms with Crippen LogP contribution in [0.5, 0.6) is 0 Å². The summed E-state index contributed by atoms with van der Waals surface area (Å²) in [5, 5.41) is 11.6. The van der Waals surface area contributed by atoms with Gasteiger partial charge < -0.3 is 4.90 Å². The van der Waals surface area contributed by atoms with Gasteiger partial charge in [-0.15, -0.1) is 11.3 Å². The quantitative estimate of drug-likeness (QED) is 0.761. The van der Waals surface area contributed by atoms with E-state index in [2.05, 4.69) is 11.1 Å². The maximum atomic E-state index is 11.6. The summed E-state index contributed by atoms with van der Waals surface area (Å²) in [4.78, 5) is 17.6. The number of hydrogen-bond acceptors (Lipinski definition) is 4. The van der Waals surface area contributed by atoms with Gasteiger partial charge in [0, 0.05) is 24.5 Å². The molecule has 0 saturated carbocycles. The molecule has 78 valence electrons. The van der Waals surface area contributed by atoms with Crippen LogP contribution in [0.25, 0.3) is 0 Å². The Morgan fingerprint density at radius 1 is 1.80 bits per heavy atom. The van der Waals surface area contributed by atoms with Gasteiger partial charge in [-0.2, -0.15) is 5.26 Å². The monoisotopic (exact) mass is 221 g/mol.